The number of aromatic nitrogens is 1. The summed E-state index contributed by atoms with van der Waals surface area (Å²) in [6.07, 6.45) is 0. The minimum absolute atomic E-state index is 0.0462. The Balaban J connectivity index is 2.13. The maximum atomic E-state index is 12.4. The van der Waals surface area contributed by atoms with E-state index in [1.165, 1.54) is 0 Å². The van der Waals surface area contributed by atoms with Crippen molar-refractivity contribution in [3.63, 3.8) is 0 Å². The molecule has 0 amide bonds. The molecule has 0 saturated heterocycles. The molecule has 0 aliphatic carbocycles. The van der Waals surface area contributed by atoms with Crippen LogP contribution in [0.1, 0.15) is 16.1 Å². The molecule has 108 valence electrons. The zero-order valence-electron chi connectivity index (χ0n) is 11.3. The highest BCUT2D eigenvalue weighted by Crippen LogP contribution is 2.33. The van der Waals surface area contributed by atoms with Crippen LogP contribution in [0.3, 0.4) is 0 Å². The number of carbonyl (C=O) groups excluding carboxylic acids is 1. The van der Waals surface area contributed by atoms with Crippen LogP contribution < -0.4 is 0 Å². The highest BCUT2D eigenvalue weighted by atomic mass is 16.6. The molecule has 0 unspecified atom stereocenters. The second kappa shape index (κ2) is 5.61. The Labute approximate surface area is 125 Å². The predicted octanol–water partition coefficient (Wildman–Crippen LogP) is 3.48. The van der Waals surface area contributed by atoms with Gasteiger partial charge in [0.2, 0.25) is 5.78 Å². The van der Waals surface area contributed by atoms with Gasteiger partial charge in [0.15, 0.2) is 5.69 Å². The molecule has 0 atom stereocenters. The van der Waals surface area contributed by atoms with Crippen LogP contribution in [0.15, 0.2) is 65.2 Å². The Morgan fingerprint density at radius 1 is 1.00 bits per heavy atom. The standard InChI is InChI=1S/C16H10N2O4/c19-15(12-9-5-2-6-10-12)16-14(18(20)21)13(17-22-16)11-7-3-1-4-8-11/h1-10H. The summed E-state index contributed by atoms with van der Waals surface area (Å²) in [7, 11) is 0. The van der Waals surface area contributed by atoms with Crippen LogP contribution in [-0.4, -0.2) is 15.9 Å². The number of ketones is 1. The van der Waals surface area contributed by atoms with Crippen LogP contribution in [0.4, 0.5) is 5.69 Å². The van der Waals surface area contributed by atoms with Gasteiger partial charge in [0, 0.05) is 11.1 Å². The Bertz CT molecular complexity index is 826. The number of nitro groups is 1. The van der Waals surface area contributed by atoms with Crippen LogP contribution in [0, 0.1) is 10.1 Å². The van der Waals surface area contributed by atoms with Crippen LogP contribution in [-0.2, 0) is 0 Å². The molecule has 1 heterocycles. The quantitative estimate of drug-likeness (QED) is 0.417. The summed E-state index contributed by atoms with van der Waals surface area (Å²) in [6, 6.07) is 16.8. The highest BCUT2D eigenvalue weighted by Gasteiger charge is 2.33. The zero-order chi connectivity index (χ0) is 15.5. The molecular formula is C16H10N2O4. The monoisotopic (exact) mass is 294 g/mol. The van der Waals surface area contributed by atoms with Gasteiger partial charge in [-0.3, -0.25) is 14.9 Å². The van der Waals surface area contributed by atoms with Gasteiger partial charge in [0.05, 0.1) is 4.92 Å². The first-order valence-corrected chi connectivity index (χ1v) is 6.47. The van der Waals surface area contributed by atoms with Crippen LogP contribution in [0.2, 0.25) is 0 Å². The molecule has 0 fully saturated rings. The first-order chi connectivity index (χ1) is 10.7. The topological polar surface area (TPSA) is 86.2 Å². The van der Waals surface area contributed by atoms with E-state index in [4.69, 9.17) is 4.52 Å². The lowest BCUT2D eigenvalue weighted by Gasteiger charge is -1.97. The first kappa shape index (κ1) is 13.7. The number of hydrogen-bond donors (Lipinski definition) is 0. The van der Waals surface area contributed by atoms with Crippen molar-refractivity contribution in [2.24, 2.45) is 0 Å². The molecule has 0 aliphatic rings. The summed E-state index contributed by atoms with van der Waals surface area (Å²) >= 11 is 0. The minimum atomic E-state index is -0.644. The van der Waals surface area contributed by atoms with Crippen molar-refractivity contribution >= 4 is 11.5 Å². The van der Waals surface area contributed by atoms with Gasteiger partial charge in [-0.15, -0.1) is 0 Å². The lowest BCUT2D eigenvalue weighted by atomic mass is 10.1. The molecule has 22 heavy (non-hydrogen) atoms. The summed E-state index contributed by atoms with van der Waals surface area (Å²) in [5, 5.41) is 15.1. The van der Waals surface area contributed by atoms with Gasteiger partial charge in [-0.25, -0.2) is 0 Å². The number of hydrogen-bond acceptors (Lipinski definition) is 5. The van der Waals surface area contributed by atoms with Crippen molar-refractivity contribution in [3.8, 4) is 11.3 Å². The van der Waals surface area contributed by atoms with Crippen molar-refractivity contribution in [3.05, 3.63) is 82.1 Å². The minimum Gasteiger partial charge on any atom is -0.344 e. The highest BCUT2D eigenvalue weighted by molar-refractivity contribution is 6.10. The molecule has 0 bridgehead atoms. The predicted molar refractivity (Wildman–Crippen MR) is 78.5 cm³/mol. The van der Waals surface area contributed by atoms with E-state index in [1.807, 2.05) is 0 Å². The number of benzene rings is 2. The van der Waals surface area contributed by atoms with E-state index in [0.29, 0.717) is 11.1 Å². The average molecular weight is 294 g/mol. The fraction of sp³-hybridized carbons (Fsp3) is 0. The van der Waals surface area contributed by atoms with Crippen LogP contribution in [0.5, 0.6) is 0 Å². The second-order valence-corrected chi connectivity index (χ2v) is 4.53. The Kier molecular flexibility index (Phi) is 3.49. The number of carbonyl (C=O) groups is 1. The molecule has 0 aliphatic heterocycles. The molecule has 1 aromatic heterocycles. The molecule has 6 heteroatoms. The number of nitrogens with zero attached hydrogens (tertiary/aromatic N) is 2. The third-order valence-electron chi connectivity index (χ3n) is 3.14. The van der Waals surface area contributed by atoms with Crippen molar-refractivity contribution in [1.29, 1.82) is 0 Å². The summed E-state index contributed by atoms with van der Waals surface area (Å²) < 4.78 is 4.99. The third kappa shape index (κ3) is 2.37. The largest absolute Gasteiger partial charge is 0.347 e. The molecular weight excluding hydrogens is 284 g/mol. The molecule has 3 aromatic rings. The summed E-state index contributed by atoms with van der Waals surface area (Å²) in [5.41, 5.74) is 0.455. The van der Waals surface area contributed by atoms with Gasteiger partial charge in [0.1, 0.15) is 0 Å². The van der Waals surface area contributed by atoms with Crippen molar-refractivity contribution < 1.29 is 14.2 Å². The summed E-state index contributed by atoms with van der Waals surface area (Å²) in [5.74, 6) is -0.933. The van der Waals surface area contributed by atoms with Crippen LogP contribution >= 0.6 is 0 Å². The van der Waals surface area contributed by atoms with Crippen molar-refractivity contribution in [1.82, 2.24) is 5.16 Å². The van der Waals surface area contributed by atoms with E-state index in [2.05, 4.69) is 5.16 Å². The molecule has 0 radical (unpaired) electrons. The van der Waals surface area contributed by atoms with Crippen molar-refractivity contribution in [2.75, 3.05) is 0 Å². The van der Waals surface area contributed by atoms with Gasteiger partial charge in [-0.2, -0.15) is 0 Å². The van der Waals surface area contributed by atoms with E-state index in [1.54, 1.807) is 60.7 Å². The van der Waals surface area contributed by atoms with E-state index < -0.39 is 16.4 Å². The zero-order valence-corrected chi connectivity index (χ0v) is 11.3. The smallest absolute Gasteiger partial charge is 0.344 e. The fourth-order valence-electron chi connectivity index (χ4n) is 2.11. The molecule has 2 aromatic carbocycles. The molecule has 0 N–H and O–H groups in total. The third-order valence-corrected chi connectivity index (χ3v) is 3.14. The Morgan fingerprint density at radius 2 is 1.59 bits per heavy atom. The lowest BCUT2D eigenvalue weighted by molar-refractivity contribution is -0.384. The molecule has 0 saturated carbocycles. The van der Waals surface area contributed by atoms with Gasteiger partial charge in [-0.1, -0.05) is 65.8 Å². The maximum Gasteiger partial charge on any atom is 0.347 e. The van der Waals surface area contributed by atoms with Gasteiger partial charge in [0.25, 0.3) is 5.76 Å². The Hall–Kier alpha value is -3.28. The van der Waals surface area contributed by atoms with E-state index in [0.717, 1.165) is 0 Å². The van der Waals surface area contributed by atoms with E-state index >= 15 is 0 Å². The van der Waals surface area contributed by atoms with Gasteiger partial charge < -0.3 is 4.52 Å². The normalized spacial score (nSPS) is 10.4. The SMILES string of the molecule is O=C(c1ccccc1)c1onc(-c2ccccc2)c1[N+](=O)[O-]. The van der Waals surface area contributed by atoms with E-state index in [-0.39, 0.29) is 11.5 Å². The average Bonchev–Trinajstić information content (AvgIpc) is 3.01. The maximum absolute atomic E-state index is 12.4. The molecule has 3 rings (SSSR count). The van der Waals surface area contributed by atoms with E-state index in [9.17, 15) is 14.9 Å². The molecule has 6 nitrogen and oxygen atoms in total. The van der Waals surface area contributed by atoms with Gasteiger partial charge in [-0.05, 0) is 0 Å². The lowest BCUT2D eigenvalue weighted by Crippen LogP contribution is -2.03. The Morgan fingerprint density at radius 3 is 2.18 bits per heavy atom. The first-order valence-electron chi connectivity index (χ1n) is 6.47. The summed E-state index contributed by atoms with van der Waals surface area (Å²) in [4.78, 5) is 23.1. The molecule has 0 spiro atoms. The van der Waals surface area contributed by atoms with Crippen LogP contribution in [0.25, 0.3) is 11.3 Å². The number of rotatable bonds is 4. The van der Waals surface area contributed by atoms with Gasteiger partial charge >= 0.3 is 5.69 Å². The van der Waals surface area contributed by atoms with Crippen molar-refractivity contribution in [2.45, 2.75) is 0 Å². The fourth-order valence-corrected chi connectivity index (χ4v) is 2.11. The summed E-state index contributed by atoms with van der Waals surface area (Å²) in [6.45, 7) is 0. The second-order valence-electron chi connectivity index (χ2n) is 4.53.